The van der Waals surface area contributed by atoms with Crippen molar-refractivity contribution in [2.24, 2.45) is 5.92 Å². The Morgan fingerprint density at radius 1 is 1.00 bits per heavy atom. The summed E-state index contributed by atoms with van der Waals surface area (Å²) < 4.78 is 19.2. The molecule has 0 radical (unpaired) electrons. The van der Waals surface area contributed by atoms with E-state index in [2.05, 4.69) is 9.80 Å². The van der Waals surface area contributed by atoms with E-state index in [-0.39, 0.29) is 11.9 Å². The SMILES string of the molecule is Fc1cccc(OC2CCN([C@@H]3CN4CCC3CC4)CC2)c1. The molecule has 0 amide bonds. The van der Waals surface area contributed by atoms with Gasteiger partial charge in [0, 0.05) is 31.7 Å². The Kier molecular flexibility index (Phi) is 4.05. The van der Waals surface area contributed by atoms with Crippen LogP contribution in [0.2, 0.25) is 0 Å². The van der Waals surface area contributed by atoms with Crippen LogP contribution in [0.4, 0.5) is 4.39 Å². The van der Waals surface area contributed by atoms with Crippen molar-refractivity contribution in [2.75, 3.05) is 32.7 Å². The number of fused-ring (bicyclic) bond motifs is 3. The zero-order valence-corrected chi connectivity index (χ0v) is 13.1. The monoisotopic (exact) mass is 304 g/mol. The predicted molar refractivity (Wildman–Crippen MR) is 84.6 cm³/mol. The quantitative estimate of drug-likeness (QED) is 0.854. The van der Waals surface area contributed by atoms with Crippen LogP contribution in [0.3, 0.4) is 0 Å². The molecule has 1 aromatic carbocycles. The van der Waals surface area contributed by atoms with E-state index in [0.29, 0.717) is 5.75 Å². The van der Waals surface area contributed by atoms with Crippen molar-refractivity contribution in [3.63, 3.8) is 0 Å². The van der Waals surface area contributed by atoms with Gasteiger partial charge in [-0.2, -0.15) is 0 Å². The van der Waals surface area contributed by atoms with E-state index in [4.69, 9.17) is 4.74 Å². The normalized spacial score (nSPS) is 33.0. The first kappa shape index (κ1) is 14.5. The Hall–Kier alpha value is -1.13. The van der Waals surface area contributed by atoms with Gasteiger partial charge in [-0.3, -0.25) is 4.90 Å². The van der Waals surface area contributed by atoms with Crippen LogP contribution in [0.25, 0.3) is 0 Å². The minimum atomic E-state index is -0.220. The number of ether oxygens (including phenoxy) is 1. The van der Waals surface area contributed by atoms with E-state index < -0.39 is 0 Å². The third-order valence-electron chi connectivity index (χ3n) is 5.67. The third-order valence-corrected chi connectivity index (χ3v) is 5.67. The second kappa shape index (κ2) is 6.17. The third kappa shape index (κ3) is 2.99. The van der Waals surface area contributed by atoms with Crippen molar-refractivity contribution < 1.29 is 9.13 Å². The van der Waals surface area contributed by atoms with Gasteiger partial charge in [0.05, 0.1) is 0 Å². The highest BCUT2D eigenvalue weighted by molar-refractivity contribution is 5.22. The number of hydrogen-bond acceptors (Lipinski definition) is 3. The van der Waals surface area contributed by atoms with Gasteiger partial charge in [-0.25, -0.2) is 4.39 Å². The first-order valence-electron chi connectivity index (χ1n) is 8.66. The molecule has 0 aromatic heterocycles. The van der Waals surface area contributed by atoms with Crippen LogP contribution >= 0.6 is 0 Å². The van der Waals surface area contributed by atoms with Crippen molar-refractivity contribution in [1.82, 2.24) is 9.80 Å². The van der Waals surface area contributed by atoms with Gasteiger partial charge >= 0.3 is 0 Å². The lowest BCUT2D eigenvalue weighted by Crippen LogP contribution is -2.59. The molecule has 4 aliphatic rings. The number of nitrogens with zero attached hydrogens (tertiary/aromatic N) is 2. The van der Waals surface area contributed by atoms with Crippen molar-refractivity contribution in [3.8, 4) is 5.75 Å². The number of rotatable bonds is 3. The van der Waals surface area contributed by atoms with Crippen LogP contribution < -0.4 is 4.74 Å². The molecular weight excluding hydrogens is 279 g/mol. The number of likely N-dealkylation sites (tertiary alicyclic amines) is 1. The highest BCUT2D eigenvalue weighted by Gasteiger charge is 2.38. The lowest BCUT2D eigenvalue weighted by Gasteiger charge is -2.50. The number of halogens is 1. The molecule has 0 N–H and O–H groups in total. The molecule has 3 nitrogen and oxygen atoms in total. The summed E-state index contributed by atoms with van der Waals surface area (Å²) in [5, 5.41) is 0. The number of benzene rings is 1. The summed E-state index contributed by atoms with van der Waals surface area (Å²) >= 11 is 0. The second-order valence-corrected chi connectivity index (χ2v) is 7.02. The molecular formula is C18H25FN2O. The van der Waals surface area contributed by atoms with Gasteiger partial charge in [0.1, 0.15) is 17.7 Å². The summed E-state index contributed by atoms with van der Waals surface area (Å²) in [5.74, 6) is 1.36. The molecule has 22 heavy (non-hydrogen) atoms. The van der Waals surface area contributed by atoms with Crippen LogP contribution in [0.5, 0.6) is 5.75 Å². The molecule has 4 heterocycles. The fourth-order valence-electron chi connectivity index (χ4n) is 4.41. The van der Waals surface area contributed by atoms with E-state index in [1.807, 2.05) is 6.07 Å². The maximum atomic E-state index is 13.2. The van der Waals surface area contributed by atoms with Crippen molar-refractivity contribution in [2.45, 2.75) is 37.8 Å². The van der Waals surface area contributed by atoms with Crippen molar-refractivity contribution in [1.29, 1.82) is 0 Å². The van der Waals surface area contributed by atoms with Crippen molar-refractivity contribution in [3.05, 3.63) is 30.1 Å². The van der Waals surface area contributed by atoms with Crippen LogP contribution in [0.15, 0.2) is 24.3 Å². The Morgan fingerprint density at radius 3 is 2.41 bits per heavy atom. The molecule has 1 aromatic rings. The van der Waals surface area contributed by atoms with E-state index >= 15 is 0 Å². The Labute approximate surface area is 132 Å². The van der Waals surface area contributed by atoms with E-state index in [1.165, 1.54) is 44.6 Å². The molecule has 4 heteroatoms. The van der Waals surface area contributed by atoms with Gasteiger partial charge in [-0.05, 0) is 56.8 Å². The largest absolute Gasteiger partial charge is 0.490 e. The Morgan fingerprint density at radius 2 is 1.77 bits per heavy atom. The fourth-order valence-corrected chi connectivity index (χ4v) is 4.41. The smallest absolute Gasteiger partial charge is 0.126 e. The van der Waals surface area contributed by atoms with E-state index in [1.54, 1.807) is 6.07 Å². The van der Waals surface area contributed by atoms with Gasteiger partial charge in [0.25, 0.3) is 0 Å². The highest BCUT2D eigenvalue weighted by Crippen LogP contribution is 2.32. The van der Waals surface area contributed by atoms with Gasteiger partial charge in [-0.15, -0.1) is 0 Å². The maximum Gasteiger partial charge on any atom is 0.126 e. The predicted octanol–water partition coefficient (Wildman–Crippen LogP) is 2.76. The molecule has 0 saturated carbocycles. The summed E-state index contributed by atoms with van der Waals surface area (Å²) in [5.41, 5.74) is 0. The first-order valence-corrected chi connectivity index (χ1v) is 8.66. The standard InChI is InChI=1S/C18H25FN2O/c19-15-2-1-3-17(12-15)22-16-6-10-21(11-7-16)18-13-20-8-4-14(18)5-9-20/h1-3,12,14,16,18H,4-11,13H2/t18-/m1/s1. The molecule has 4 saturated heterocycles. The molecule has 2 bridgehead atoms. The average molecular weight is 304 g/mol. The molecule has 4 aliphatic heterocycles. The fraction of sp³-hybridized carbons (Fsp3) is 0.667. The average Bonchev–Trinajstić information content (AvgIpc) is 2.57. The van der Waals surface area contributed by atoms with E-state index in [9.17, 15) is 4.39 Å². The van der Waals surface area contributed by atoms with Gasteiger partial charge in [-0.1, -0.05) is 6.07 Å². The van der Waals surface area contributed by atoms with Crippen LogP contribution in [-0.2, 0) is 0 Å². The lowest BCUT2D eigenvalue weighted by atomic mass is 9.82. The zero-order valence-electron chi connectivity index (χ0n) is 13.1. The molecule has 0 spiro atoms. The summed E-state index contributed by atoms with van der Waals surface area (Å²) in [6.45, 7) is 6.12. The maximum absolute atomic E-state index is 13.2. The molecule has 4 fully saturated rings. The highest BCUT2D eigenvalue weighted by atomic mass is 19.1. The zero-order chi connectivity index (χ0) is 14.9. The first-order chi connectivity index (χ1) is 10.8. The molecule has 5 rings (SSSR count). The van der Waals surface area contributed by atoms with Gasteiger partial charge in [0.2, 0.25) is 0 Å². The van der Waals surface area contributed by atoms with E-state index in [0.717, 1.165) is 37.9 Å². The minimum Gasteiger partial charge on any atom is -0.490 e. The molecule has 0 unspecified atom stereocenters. The topological polar surface area (TPSA) is 15.7 Å². The Bertz CT molecular complexity index is 508. The molecule has 1 atom stereocenters. The summed E-state index contributed by atoms with van der Waals surface area (Å²) in [6.07, 6.45) is 5.10. The summed E-state index contributed by atoms with van der Waals surface area (Å²) in [7, 11) is 0. The summed E-state index contributed by atoms with van der Waals surface area (Å²) in [6, 6.07) is 7.27. The molecule has 120 valence electrons. The molecule has 0 aliphatic carbocycles. The second-order valence-electron chi connectivity index (χ2n) is 7.02. The van der Waals surface area contributed by atoms with Gasteiger partial charge < -0.3 is 9.64 Å². The summed E-state index contributed by atoms with van der Waals surface area (Å²) in [4.78, 5) is 5.31. The van der Waals surface area contributed by atoms with Crippen LogP contribution in [0.1, 0.15) is 25.7 Å². The number of hydrogen-bond donors (Lipinski definition) is 0. The Balaban J connectivity index is 1.31. The van der Waals surface area contributed by atoms with Crippen molar-refractivity contribution >= 4 is 0 Å². The minimum absolute atomic E-state index is 0.220. The van der Waals surface area contributed by atoms with Crippen LogP contribution in [-0.4, -0.2) is 54.7 Å². The lowest BCUT2D eigenvalue weighted by molar-refractivity contribution is -0.0178. The van der Waals surface area contributed by atoms with Gasteiger partial charge in [0.15, 0.2) is 0 Å². The number of piperidine rings is 4. The van der Waals surface area contributed by atoms with Crippen LogP contribution in [0, 0.1) is 11.7 Å².